The molecule has 0 N–H and O–H groups in total. The van der Waals surface area contributed by atoms with Crippen molar-refractivity contribution < 1.29 is 38.3 Å². The zero-order valence-corrected chi connectivity index (χ0v) is 20.5. The molecular weight excluding hydrogens is 440 g/mol. The molecule has 5 aliphatic rings. The number of rotatable bonds is 7. The van der Waals surface area contributed by atoms with Gasteiger partial charge in [0.1, 0.15) is 0 Å². The molecule has 0 aromatic heterocycles. The molecule has 2 bridgehead atoms. The Morgan fingerprint density at radius 3 is 2.65 bits per heavy atom. The van der Waals surface area contributed by atoms with E-state index in [4.69, 9.17) is 33.5 Å². The Hall–Kier alpha value is -1.55. The summed E-state index contributed by atoms with van der Waals surface area (Å²) >= 11 is 0. The van der Waals surface area contributed by atoms with Gasteiger partial charge in [-0.25, -0.2) is 14.6 Å². The van der Waals surface area contributed by atoms with Gasteiger partial charge in [-0.15, -0.1) is 0 Å². The van der Waals surface area contributed by atoms with Crippen molar-refractivity contribution in [3.63, 3.8) is 0 Å². The van der Waals surface area contributed by atoms with Crippen molar-refractivity contribution in [2.75, 3.05) is 13.4 Å². The summed E-state index contributed by atoms with van der Waals surface area (Å²) in [6.45, 7) is 9.07. The molecule has 1 unspecified atom stereocenters. The second kappa shape index (κ2) is 9.48. The maximum atomic E-state index is 12.1. The van der Waals surface area contributed by atoms with Gasteiger partial charge in [-0.05, 0) is 62.6 Å². The van der Waals surface area contributed by atoms with Crippen molar-refractivity contribution in [3.05, 3.63) is 35.4 Å². The Morgan fingerprint density at radius 1 is 1.09 bits per heavy atom. The number of esters is 1. The Balaban J connectivity index is 1.26. The van der Waals surface area contributed by atoms with Crippen molar-refractivity contribution in [1.82, 2.24) is 0 Å². The third-order valence-corrected chi connectivity index (χ3v) is 8.18. The first-order valence-electron chi connectivity index (χ1n) is 12.5. The molecule has 188 valence electrons. The molecule has 1 saturated carbocycles. The molecule has 1 spiro atoms. The van der Waals surface area contributed by atoms with Crippen molar-refractivity contribution >= 4 is 5.97 Å². The van der Waals surface area contributed by atoms with E-state index in [0.717, 1.165) is 31.2 Å². The van der Waals surface area contributed by atoms with Crippen LogP contribution in [0.15, 0.2) is 24.3 Å². The van der Waals surface area contributed by atoms with Crippen LogP contribution in [0.5, 0.6) is 0 Å². The minimum atomic E-state index is -0.796. The van der Waals surface area contributed by atoms with Gasteiger partial charge in [0.05, 0.1) is 12.2 Å². The molecule has 1 aromatic rings. The summed E-state index contributed by atoms with van der Waals surface area (Å²) in [5.41, 5.74) is 0.835. The van der Waals surface area contributed by atoms with E-state index in [1.165, 1.54) is 0 Å². The van der Waals surface area contributed by atoms with Crippen LogP contribution >= 0.6 is 0 Å². The van der Waals surface area contributed by atoms with E-state index in [2.05, 4.69) is 13.8 Å². The average molecular weight is 477 g/mol. The number of carbonyl (C=O) groups is 1. The lowest BCUT2D eigenvalue weighted by atomic mass is 9.58. The highest BCUT2D eigenvalue weighted by Gasteiger charge is 2.69. The Bertz CT molecular complexity index is 874. The van der Waals surface area contributed by atoms with E-state index in [0.29, 0.717) is 30.6 Å². The van der Waals surface area contributed by atoms with E-state index in [1.54, 1.807) is 12.1 Å². The van der Waals surface area contributed by atoms with Gasteiger partial charge < -0.3 is 23.7 Å². The largest absolute Gasteiger partial charge is 0.435 e. The molecule has 0 amide bonds. The molecule has 6 rings (SSSR count). The Morgan fingerprint density at radius 2 is 1.88 bits per heavy atom. The predicted molar refractivity (Wildman–Crippen MR) is 120 cm³/mol. The van der Waals surface area contributed by atoms with Crippen molar-refractivity contribution in [2.24, 2.45) is 23.7 Å². The normalized spacial score (nSPS) is 40.9. The Labute approximate surface area is 201 Å². The van der Waals surface area contributed by atoms with Crippen molar-refractivity contribution in [2.45, 2.75) is 84.0 Å². The molecule has 4 aliphatic heterocycles. The molecule has 5 fully saturated rings. The SMILES string of the molecule is CCOCOC(=O)c1ccc(COC2O[C@@H]3O[C@]4(C)CC[C@H]5[C@H](C)CC[C@@H]([C@H]2C)[C@@]35OO4)cc1. The summed E-state index contributed by atoms with van der Waals surface area (Å²) in [6.07, 6.45) is 3.04. The summed E-state index contributed by atoms with van der Waals surface area (Å²) in [6, 6.07) is 7.21. The quantitative estimate of drug-likeness (QED) is 0.245. The van der Waals surface area contributed by atoms with E-state index >= 15 is 0 Å². The fraction of sp³-hybridized carbons (Fsp3) is 0.731. The highest BCUT2D eigenvalue weighted by Crippen LogP contribution is 2.60. The minimum Gasteiger partial charge on any atom is -0.435 e. The van der Waals surface area contributed by atoms with E-state index in [1.807, 2.05) is 26.0 Å². The average Bonchev–Trinajstić information content (AvgIpc) is 3.07. The molecule has 34 heavy (non-hydrogen) atoms. The predicted octanol–water partition coefficient (Wildman–Crippen LogP) is 4.56. The molecule has 1 aromatic carbocycles. The molecule has 4 heterocycles. The molecule has 8 nitrogen and oxygen atoms in total. The maximum Gasteiger partial charge on any atom is 0.340 e. The van der Waals surface area contributed by atoms with Gasteiger partial charge in [-0.2, -0.15) is 0 Å². The second-order valence-corrected chi connectivity index (χ2v) is 10.3. The number of ether oxygens (including phenoxy) is 5. The summed E-state index contributed by atoms with van der Waals surface area (Å²) in [7, 11) is 0. The number of hydrogen-bond donors (Lipinski definition) is 0. The summed E-state index contributed by atoms with van der Waals surface area (Å²) in [4.78, 5) is 24.1. The van der Waals surface area contributed by atoms with Gasteiger partial charge in [0.25, 0.3) is 0 Å². The lowest BCUT2D eigenvalue weighted by Gasteiger charge is -2.60. The molecular formula is C26H36O8. The first-order valence-corrected chi connectivity index (χ1v) is 12.5. The van der Waals surface area contributed by atoms with Crippen LogP contribution in [0, 0.1) is 23.7 Å². The van der Waals surface area contributed by atoms with Crippen molar-refractivity contribution in [3.8, 4) is 0 Å². The fourth-order valence-corrected chi connectivity index (χ4v) is 6.24. The first kappa shape index (κ1) is 24.2. The summed E-state index contributed by atoms with van der Waals surface area (Å²) < 4.78 is 29.2. The minimum absolute atomic E-state index is 0.0452. The van der Waals surface area contributed by atoms with Gasteiger partial charge in [0.2, 0.25) is 5.79 Å². The number of hydrogen-bond acceptors (Lipinski definition) is 8. The highest BCUT2D eigenvalue weighted by atomic mass is 17.3. The summed E-state index contributed by atoms with van der Waals surface area (Å²) in [5, 5.41) is 0. The highest BCUT2D eigenvalue weighted by molar-refractivity contribution is 5.89. The van der Waals surface area contributed by atoms with Crippen LogP contribution in [-0.2, 0) is 40.1 Å². The second-order valence-electron chi connectivity index (χ2n) is 10.3. The van der Waals surface area contributed by atoms with Gasteiger partial charge in [-0.1, -0.05) is 26.0 Å². The van der Waals surface area contributed by atoms with Crippen LogP contribution in [0.2, 0.25) is 0 Å². The van der Waals surface area contributed by atoms with Gasteiger partial charge in [-0.3, -0.25) is 0 Å². The number of benzene rings is 1. The molecule has 8 atom stereocenters. The third kappa shape index (κ3) is 4.18. The maximum absolute atomic E-state index is 12.1. The van der Waals surface area contributed by atoms with Crippen molar-refractivity contribution in [1.29, 1.82) is 0 Å². The topological polar surface area (TPSA) is 81.7 Å². The fourth-order valence-electron chi connectivity index (χ4n) is 6.24. The van der Waals surface area contributed by atoms with Crippen LogP contribution in [0.4, 0.5) is 0 Å². The van der Waals surface area contributed by atoms with Crippen LogP contribution < -0.4 is 0 Å². The van der Waals surface area contributed by atoms with E-state index in [-0.39, 0.29) is 18.6 Å². The zero-order chi connectivity index (χ0) is 23.9. The first-order chi connectivity index (χ1) is 16.4. The van der Waals surface area contributed by atoms with Gasteiger partial charge in [0, 0.05) is 24.9 Å². The lowest BCUT2D eigenvalue weighted by Crippen LogP contribution is -2.70. The number of carbonyl (C=O) groups excluding carboxylic acids is 1. The molecule has 1 aliphatic carbocycles. The standard InChI is InChI=1S/C26H36O8/c1-5-28-15-30-22(27)19-9-7-18(8-10-19)14-29-23-17(3)21-11-6-16(2)20-12-13-25(4)32-24(31-23)26(20,21)34-33-25/h7-10,16-17,20-21,23-24H,5-6,11-15H2,1-4H3/t16-,17-,20+,21+,23?,24-,25+,26-/m1/s1. The smallest absolute Gasteiger partial charge is 0.340 e. The van der Waals surface area contributed by atoms with Crippen LogP contribution in [0.25, 0.3) is 0 Å². The third-order valence-electron chi connectivity index (χ3n) is 8.18. The molecule has 4 saturated heterocycles. The molecule has 0 radical (unpaired) electrons. The van der Waals surface area contributed by atoms with Gasteiger partial charge >= 0.3 is 5.97 Å². The lowest BCUT2D eigenvalue weighted by molar-refractivity contribution is -0.577. The molecule has 8 heteroatoms. The summed E-state index contributed by atoms with van der Waals surface area (Å²) in [5.74, 6) is -0.00328. The van der Waals surface area contributed by atoms with Crippen LogP contribution in [-0.4, -0.2) is 43.3 Å². The number of fused-ring (bicyclic) bond motifs is 2. The monoisotopic (exact) mass is 476 g/mol. The van der Waals surface area contributed by atoms with Crippen LogP contribution in [0.3, 0.4) is 0 Å². The van der Waals surface area contributed by atoms with Gasteiger partial charge in [0.15, 0.2) is 25.0 Å². The van der Waals surface area contributed by atoms with Crippen LogP contribution in [0.1, 0.15) is 69.3 Å². The van der Waals surface area contributed by atoms with E-state index < -0.39 is 29.9 Å². The Kier molecular flexibility index (Phi) is 6.74. The van der Waals surface area contributed by atoms with E-state index in [9.17, 15) is 4.79 Å². The zero-order valence-electron chi connectivity index (χ0n) is 20.5.